The lowest BCUT2D eigenvalue weighted by atomic mass is 9.73. The minimum Gasteiger partial charge on any atom is -0.465 e. The highest BCUT2D eigenvalue weighted by Gasteiger charge is 2.68. The fraction of sp³-hybridized carbons (Fsp3) is 0.394. The molecule has 3 fully saturated rings. The van der Waals surface area contributed by atoms with E-state index in [4.69, 9.17) is 27.9 Å². The normalized spacial score (nSPS) is 26.5. The summed E-state index contributed by atoms with van der Waals surface area (Å²) in [6.45, 7) is 8.00. The number of halogens is 3. The average molecular weight is 674 g/mol. The summed E-state index contributed by atoms with van der Waals surface area (Å²) < 4.78 is 20.8. The van der Waals surface area contributed by atoms with Crippen LogP contribution in [0.5, 0.6) is 0 Å². The van der Waals surface area contributed by atoms with Crippen molar-refractivity contribution in [1.29, 1.82) is 0 Å². The third-order valence-corrected chi connectivity index (χ3v) is 9.74. The minimum absolute atomic E-state index is 0.00661. The molecule has 2 aliphatic heterocycles. The lowest BCUT2D eigenvalue weighted by Crippen LogP contribution is -2.57. The van der Waals surface area contributed by atoms with Crippen molar-refractivity contribution < 1.29 is 28.7 Å². The predicted molar refractivity (Wildman–Crippen MR) is 172 cm³/mol. The van der Waals surface area contributed by atoms with Crippen LogP contribution in [0, 0.1) is 21.8 Å². The summed E-state index contributed by atoms with van der Waals surface area (Å²) >= 11 is 12.7. The molecule has 10 nitrogen and oxygen atoms in total. The lowest BCUT2D eigenvalue weighted by Gasteiger charge is -2.40. The molecule has 1 amide bonds. The molecule has 244 valence electrons. The molecule has 0 aromatic heterocycles. The van der Waals surface area contributed by atoms with E-state index in [0.717, 1.165) is 18.9 Å². The maximum atomic E-state index is 16.1. The van der Waals surface area contributed by atoms with Crippen LogP contribution in [0.3, 0.4) is 0 Å². The first-order valence-electron chi connectivity index (χ1n) is 14.9. The van der Waals surface area contributed by atoms with Crippen LogP contribution in [-0.2, 0) is 16.1 Å². The van der Waals surface area contributed by atoms with E-state index in [1.807, 2.05) is 4.90 Å². The smallest absolute Gasteiger partial charge is 0.338 e. The van der Waals surface area contributed by atoms with Gasteiger partial charge in [0.15, 0.2) is 0 Å². The van der Waals surface area contributed by atoms with Gasteiger partial charge in [0.25, 0.3) is 5.69 Å². The highest BCUT2D eigenvalue weighted by atomic mass is 35.5. The van der Waals surface area contributed by atoms with Crippen LogP contribution in [0.4, 0.5) is 10.1 Å². The van der Waals surface area contributed by atoms with Gasteiger partial charge in [-0.25, -0.2) is 9.18 Å². The topological polar surface area (TPSA) is 134 Å². The van der Waals surface area contributed by atoms with Crippen molar-refractivity contribution in [3.05, 3.63) is 109 Å². The van der Waals surface area contributed by atoms with E-state index in [-0.39, 0.29) is 39.9 Å². The number of carbonyl (C=O) groups excluding carboxylic acids is 2. The third kappa shape index (κ3) is 5.86. The average Bonchev–Trinajstić information content (AvgIpc) is 3.75. The monoisotopic (exact) mass is 672 g/mol. The number of hydrogen-bond acceptors (Lipinski definition) is 8. The zero-order valence-corrected chi connectivity index (χ0v) is 27.1. The fourth-order valence-corrected chi connectivity index (χ4v) is 7.15. The zero-order valence-electron chi connectivity index (χ0n) is 25.6. The second kappa shape index (κ2) is 13.2. The number of ether oxygens (including phenoxy) is 1. The van der Waals surface area contributed by atoms with E-state index in [1.165, 1.54) is 25.3 Å². The quantitative estimate of drug-likeness (QED) is 0.175. The van der Waals surface area contributed by atoms with E-state index < -0.39 is 52.3 Å². The van der Waals surface area contributed by atoms with E-state index in [1.54, 1.807) is 38.1 Å². The Hall–Kier alpha value is -3.61. The van der Waals surface area contributed by atoms with Gasteiger partial charge < -0.3 is 20.5 Å². The second-order valence-electron chi connectivity index (χ2n) is 11.9. The van der Waals surface area contributed by atoms with Gasteiger partial charge in [-0.05, 0) is 62.0 Å². The summed E-state index contributed by atoms with van der Waals surface area (Å²) in [5.74, 6) is -2.68. The van der Waals surface area contributed by atoms with Crippen molar-refractivity contribution >= 4 is 40.8 Å². The van der Waals surface area contributed by atoms with Crippen LogP contribution in [0.1, 0.15) is 54.1 Å². The van der Waals surface area contributed by atoms with Crippen LogP contribution >= 0.6 is 23.2 Å². The molecule has 0 radical (unpaired) electrons. The van der Waals surface area contributed by atoms with Crippen LogP contribution < -0.4 is 10.6 Å². The maximum Gasteiger partial charge on any atom is 0.338 e. The summed E-state index contributed by atoms with van der Waals surface area (Å²) in [6.07, 6.45) is 4.05. The Labute approximate surface area is 276 Å². The van der Waals surface area contributed by atoms with Gasteiger partial charge in [-0.3, -0.25) is 19.8 Å². The number of aliphatic hydroxyl groups is 1. The van der Waals surface area contributed by atoms with E-state index >= 15 is 4.39 Å². The molecule has 1 spiro atoms. The number of nitrogens with one attached hydrogen (secondary N) is 2. The Bertz CT molecular complexity index is 1660. The van der Waals surface area contributed by atoms with Crippen molar-refractivity contribution in [3.63, 3.8) is 0 Å². The van der Waals surface area contributed by atoms with Crippen molar-refractivity contribution in [2.24, 2.45) is 5.92 Å². The summed E-state index contributed by atoms with van der Waals surface area (Å²) in [7, 11) is 1.18. The number of carbonyl (C=O) groups is 2. The number of amides is 1. The van der Waals surface area contributed by atoms with Crippen LogP contribution in [-0.4, -0.2) is 64.2 Å². The molecule has 2 saturated heterocycles. The maximum absolute atomic E-state index is 16.1. The molecule has 13 heteroatoms. The van der Waals surface area contributed by atoms with Gasteiger partial charge in [0.05, 0.1) is 34.8 Å². The lowest BCUT2D eigenvalue weighted by molar-refractivity contribution is -0.385. The number of allylic oxidation sites excluding steroid dienone is 3. The number of rotatable bonds is 10. The molecule has 1 aliphatic carbocycles. The molecule has 2 aromatic carbocycles. The number of nitro groups is 1. The third-order valence-electron chi connectivity index (χ3n) is 9.12. The molecule has 5 rings (SSSR count). The largest absolute Gasteiger partial charge is 0.465 e. The van der Waals surface area contributed by atoms with Gasteiger partial charge in [-0.2, -0.15) is 0 Å². The minimum atomic E-state index is -1.58. The first-order chi connectivity index (χ1) is 21.9. The summed E-state index contributed by atoms with van der Waals surface area (Å²) in [6, 6.07) is 6.93. The SMILES string of the molecule is C=C1/C(=C\C(Cl)=C/C)NC(=O)[C@@]12[C@H](c1cccc(Cl)c1F)[C@H](NCc1ccc(C(=O)OC)cc1[N+](=O)[O-])C([C@H](C)O)N2CC1CC1. The summed E-state index contributed by atoms with van der Waals surface area (Å²) in [5.41, 5.74) is -0.828. The zero-order chi connectivity index (χ0) is 33.5. The summed E-state index contributed by atoms with van der Waals surface area (Å²) in [4.78, 5) is 39.9. The van der Waals surface area contributed by atoms with Gasteiger partial charge in [0, 0.05) is 47.4 Å². The molecule has 3 aliphatic rings. The Morgan fingerprint density at radius 1 is 1.37 bits per heavy atom. The first-order valence-corrected chi connectivity index (χ1v) is 15.6. The van der Waals surface area contributed by atoms with E-state index in [0.29, 0.717) is 22.8 Å². The Morgan fingerprint density at radius 2 is 2.09 bits per heavy atom. The van der Waals surface area contributed by atoms with Crippen molar-refractivity contribution in [3.8, 4) is 0 Å². The van der Waals surface area contributed by atoms with E-state index in [2.05, 4.69) is 17.2 Å². The van der Waals surface area contributed by atoms with Crippen LogP contribution in [0.15, 0.2) is 71.4 Å². The van der Waals surface area contributed by atoms with Crippen molar-refractivity contribution in [1.82, 2.24) is 15.5 Å². The molecule has 5 atom stereocenters. The fourth-order valence-electron chi connectivity index (χ4n) is 6.86. The highest BCUT2D eigenvalue weighted by molar-refractivity contribution is 6.31. The van der Waals surface area contributed by atoms with Crippen molar-refractivity contribution in [2.75, 3.05) is 13.7 Å². The highest BCUT2D eigenvalue weighted by Crippen LogP contribution is 2.56. The Kier molecular flexibility index (Phi) is 9.72. The number of esters is 1. The molecular formula is C33H35Cl2FN4O6. The molecular weight excluding hydrogens is 638 g/mol. The number of hydrogen-bond donors (Lipinski definition) is 3. The second-order valence-corrected chi connectivity index (χ2v) is 12.7. The molecule has 46 heavy (non-hydrogen) atoms. The summed E-state index contributed by atoms with van der Waals surface area (Å²) in [5, 5.41) is 29.9. The molecule has 1 unspecified atom stereocenters. The standard InChI is InChI=1S/C33H35Cl2FN4O6/c1-5-22(34)14-25-17(2)33(32(43)38-25)27(23-7-6-8-24(35)28(23)36)29(30(18(3)41)39(33)16-19-9-10-19)37-15-21-12-11-20(31(42)46-4)13-26(21)40(44)45/h5-8,11-14,18-19,27,29-30,37,41H,2,9-10,15-16H2,1,3-4H3,(H,38,43)/b22-5+,25-14+/t18-,27+,29-,30?,33-/m0/s1. The Morgan fingerprint density at radius 3 is 2.70 bits per heavy atom. The van der Waals surface area contributed by atoms with Gasteiger partial charge in [-0.15, -0.1) is 0 Å². The number of nitrogens with zero attached hydrogens (tertiary/aromatic N) is 2. The number of aliphatic hydroxyl groups excluding tert-OH is 1. The van der Waals surface area contributed by atoms with Crippen molar-refractivity contribution in [2.45, 2.75) is 62.9 Å². The number of nitro benzene ring substituents is 1. The van der Waals surface area contributed by atoms with Gasteiger partial charge in [-0.1, -0.05) is 54.1 Å². The van der Waals surface area contributed by atoms with Gasteiger partial charge in [0.2, 0.25) is 5.91 Å². The molecule has 1 saturated carbocycles. The molecule has 0 bridgehead atoms. The van der Waals surface area contributed by atoms with Gasteiger partial charge in [0.1, 0.15) is 11.4 Å². The predicted octanol–water partition coefficient (Wildman–Crippen LogP) is 5.34. The molecule has 2 aromatic rings. The van der Waals surface area contributed by atoms with Crippen LogP contribution in [0.2, 0.25) is 5.02 Å². The first kappa shape index (κ1) is 33.7. The van der Waals surface area contributed by atoms with Gasteiger partial charge >= 0.3 is 5.97 Å². The number of benzene rings is 2. The van der Waals surface area contributed by atoms with Crippen LogP contribution in [0.25, 0.3) is 0 Å². The number of likely N-dealkylation sites (tertiary alicyclic amines) is 1. The molecule has 3 N–H and O–H groups in total. The molecule has 2 heterocycles. The van der Waals surface area contributed by atoms with E-state index in [9.17, 15) is 24.8 Å². The Balaban J connectivity index is 1.70. The number of methoxy groups -OCH3 is 1.